The number of piperidine rings is 1. The van der Waals surface area contributed by atoms with E-state index in [4.69, 9.17) is 9.47 Å². The number of nitrogens with one attached hydrogen (secondary N) is 1. The highest BCUT2D eigenvalue weighted by atomic mass is 16.5. The summed E-state index contributed by atoms with van der Waals surface area (Å²) in [5.74, 6) is 0.461. The molecular formula is C26H30N4O5. The second-order valence-electron chi connectivity index (χ2n) is 8.59. The number of methoxy groups -OCH3 is 2. The van der Waals surface area contributed by atoms with Crippen molar-refractivity contribution in [3.63, 3.8) is 0 Å². The quantitative estimate of drug-likeness (QED) is 0.588. The SMILES string of the molecule is COc1cc(OC)cc(C(=O)N2CCC(C(=O)Nc3c(C)n(C)n(-c4ccccc4)c3=O)CC2)c1. The van der Waals surface area contributed by atoms with E-state index in [1.54, 1.807) is 41.8 Å². The molecule has 3 aromatic rings. The number of carbonyl (C=O) groups is 2. The molecule has 0 saturated carbocycles. The molecule has 0 radical (unpaired) electrons. The number of hydrogen-bond acceptors (Lipinski definition) is 5. The van der Waals surface area contributed by atoms with Gasteiger partial charge in [0.1, 0.15) is 17.2 Å². The predicted molar refractivity (Wildman–Crippen MR) is 133 cm³/mol. The van der Waals surface area contributed by atoms with Crippen LogP contribution in [0.15, 0.2) is 53.3 Å². The fourth-order valence-corrected chi connectivity index (χ4v) is 4.40. The van der Waals surface area contributed by atoms with Gasteiger partial charge in [0, 0.05) is 37.7 Å². The van der Waals surface area contributed by atoms with Gasteiger partial charge in [0.15, 0.2) is 0 Å². The minimum Gasteiger partial charge on any atom is -0.497 e. The van der Waals surface area contributed by atoms with Crippen LogP contribution in [0.3, 0.4) is 0 Å². The highest BCUT2D eigenvalue weighted by molar-refractivity contribution is 5.96. The molecular weight excluding hydrogens is 448 g/mol. The third-order valence-corrected chi connectivity index (χ3v) is 6.55. The summed E-state index contributed by atoms with van der Waals surface area (Å²) in [6.07, 6.45) is 1.02. The highest BCUT2D eigenvalue weighted by Gasteiger charge is 2.29. The Bertz CT molecular complexity index is 1260. The number of ether oxygens (including phenoxy) is 2. The van der Waals surface area contributed by atoms with Crippen molar-refractivity contribution in [2.45, 2.75) is 19.8 Å². The van der Waals surface area contributed by atoms with Crippen molar-refractivity contribution in [1.29, 1.82) is 0 Å². The summed E-state index contributed by atoms with van der Waals surface area (Å²) in [6.45, 7) is 2.69. The Morgan fingerprint density at radius 1 is 0.971 bits per heavy atom. The first-order valence-corrected chi connectivity index (χ1v) is 11.5. The maximum atomic E-state index is 13.1. The fourth-order valence-electron chi connectivity index (χ4n) is 4.40. The average Bonchev–Trinajstić information content (AvgIpc) is 3.11. The molecule has 35 heavy (non-hydrogen) atoms. The molecule has 0 aliphatic carbocycles. The first-order chi connectivity index (χ1) is 16.8. The zero-order valence-electron chi connectivity index (χ0n) is 20.4. The van der Waals surface area contributed by atoms with Gasteiger partial charge < -0.3 is 19.7 Å². The molecule has 1 aliphatic rings. The van der Waals surface area contributed by atoms with Crippen LogP contribution < -0.4 is 20.3 Å². The summed E-state index contributed by atoms with van der Waals surface area (Å²) in [5, 5.41) is 2.86. The van der Waals surface area contributed by atoms with Crippen LogP contribution in [-0.2, 0) is 11.8 Å². The molecule has 1 N–H and O–H groups in total. The Morgan fingerprint density at radius 3 is 2.14 bits per heavy atom. The van der Waals surface area contributed by atoms with Crippen LogP contribution >= 0.6 is 0 Å². The summed E-state index contributed by atoms with van der Waals surface area (Å²) >= 11 is 0. The maximum absolute atomic E-state index is 13.1. The van der Waals surface area contributed by atoms with Crippen LogP contribution in [0.5, 0.6) is 11.5 Å². The predicted octanol–water partition coefficient (Wildman–Crippen LogP) is 2.99. The minimum atomic E-state index is -0.289. The topological polar surface area (TPSA) is 94.8 Å². The molecule has 2 aromatic carbocycles. The number of para-hydroxylation sites is 1. The Labute approximate surface area is 203 Å². The second kappa shape index (κ2) is 10.1. The lowest BCUT2D eigenvalue weighted by Crippen LogP contribution is -2.41. The summed E-state index contributed by atoms with van der Waals surface area (Å²) in [7, 11) is 4.86. The Morgan fingerprint density at radius 2 is 1.57 bits per heavy atom. The second-order valence-corrected chi connectivity index (χ2v) is 8.59. The van der Waals surface area contributed by atoms with Gasteiger partial charge in [-0.2, -0.15) is 0 Å². The Hall–Kier alpha value is -4.01. The number of aromatic nitrogens is 2. The van der Waals surface area contributed by atoms with Crippen molar-refractivity contribution in [3.05, 3.63) is 70.1 Å². The molecule has 0 atom stereocenters. The molecule has 1 aliphatic heterocycles. The number of nitrogens with zero attached hydrogens (tertiary/aromatic N) is 3. The molecule has 9 heteroatoms. The molecule has 184 valence electrons. The summed E-state index contributed by atoms with van der Waals surface area (Å²) in [4.78, 5) is 40.9. The largest absolute Gasteiger partial charge is 0.497 e. The first-order valence-electron chi connectivity index (χ1n) is 11.5. The van der Waals surface area contributed by atoms with Gasteiger partial charge in [-0.15, -0.1) is 0 Å². The molecule has 1 saturated heterocycles. The van der Waals surface area contributed by atoms with Crippen LogP contribution in [0.2, 0.25) is 0 Å². The Balaban J connectivity index is 1.43. The van der Waals surface area contributed by atoms with Gasteiger partial charge in [0.05, 0.1) is 25.6 Å². The molecule has 4 rings (SSSR count). The van der Waals surface area contributed by atoms with Gasteiger partial charge in [-0.1, -0.05) is 18.2 Å². The third-order valence-electron chi connectivity index (χ3n) is 6.55. The maximum Gasteiger partial charge on any atom is 0.295 e. The van der Waals surface area contributed by atoms with Crippen molar-refractivity contribution in [3.8, 4) is 17.2 Å². The fraction of sp³-hybridized carbons (Fsp3) is 0.346. The molecule has 9 nitrogen and oxygen atoms in total. The zero-order chi connectivity index (χ0) is 25.1. The average molecular weight is 479 g/mol. The molecule has 1 fully saturated rings. The van der Waals surface area contributed by atoms with E-state index in [2.05, 4.69) is 5.32 Å². The number of carbonyl (C=O) groups excluding carboxylic acids is 2. The normalized spacial score (nSPS) is 14.0. The van der Waals surface area contributed by atoms with E-state index in [0.29, 0.717) is 48.7 Å². The van der Waals surface area contributed by atoms with Gasteiger partial charge in [0.2, 0.25) is 5.91 Å². The zero-order valence-corrected chi connectivity index (χ0v) is 20.4. The molecule has 2 amide bonds. The molecule has 0 spiro atoms. The van der Waals surface area contributed by atoms with Crippen LogP contribution in [0.25, 0.3) is 5.69 Å². The number of hydrogen-bond donors (Lipinski definition) is 1. The summed E-state index contributed by atoms with van der Waals surface area (Å²) in [6, 6.07) is 14.4. The van der Waals surface area contributed by atoms with Gasteiger partial charge in [-0.05, 0) is 44.0 Å². The van der Waals surface area contributed by atoms with E-state index in [9.17, 15) is 14.4 Å². The number of rotatable bonds is 6. The molecule has 1 aromatic heterocycles. The lowest BCUT2D eigenvalue weighted by Gasteiger charge is -2.31. The summed E-state index contributed by atoms with van der Waals surface area (Å²) < 4.78 is 13.8. The number of amides is 2. The smallest absolute Gasteiger partial charge is 0.295 e. The van der Waals surface area contributed by atoms with E-state index in [0.717, 1.165) is 5.69 Å². The van der Waals surface area contributed by atoms with Crippen LogP contribution in [0, 0.1) is 12.8 Å². The summed E-state index contributed by atoms with van der Waals surface area (Å²) in [5.41, 5.74) is 1.88. The van der Waals surface area contributed by atoms with Crippen molar-refractivity contribution in [2.24, 2.45) is 13.0 Å². The number of benzene rings is 2. The molecule has 0 bridgehead atoms. The van der Waals surface area contributed by atoms with Gasteiger partial charge in [-0.25, -0.2) is 4.68 Å². The Kier molecular flexibility index (Phi) is 6.95. The van der Waals surface area contributed by atoms with E-state index >= 15 is 0 Å². The standard InChI is InChI=1S/C26H30N4O5/c1-17-23(26(33)30(28(17)2)20-8-6-5-7-9-20)27-24(31)18-10-12-29(13-11-18)25(32)19-14-21(34-3)16-22(15-19)35-4/h5-9,14-16,18H,10-13H2,1-4H3,(H,27,31). The molecule has 2 heterocycles. The third kappa shape index (κ3) is 4.80. The number of anilines is 1. The highest BCUT2D eigenvalue weighted by Crippen LogP contribution is 2.26. The van der Waals surface area contributed by atoms with Crippen LogP contribution in [0.1, 0.15) is 28.9 Å². The van der Waals surface area contributed by atoms with E-state index in [1.807, 2.05) is 30.3 Å². The monoisotopic (exact) mass is 478 g/mol. The van der Waals surface area contributed by atoms with Gasteiger partial charge in [-0.3, -0.25) is 19.1 Å². The van der Waals surface area contributed by atoms with Crippen molar-refractivity contribution < 1.29 is 19.1 Å². The minimum absolute atomic E-state index is 0.134. The lowest BCUT2D eigenvalue weighted by atomic mass is 9.95. The van der Waals surface area contributed by atoms with Crippen LogP contribution in [-0.4, -0.2) is 53.4 Å². The van der Waals surface area contributed by atoms with E-state index in [1.165, 1.54) is 18.9 Å². The molecule has 0 unspecified atom stereocenters. The van der Waals surface area contributed by atoms with Crippen LogP contribution in [0.4, 0.5) is 5.69 Å². The van der Waals surface area contributed by atoms with Gasteiger partial charge in [0.25, 0.3) is 11.5 Å². The van der Waals surface area contributed by atoms with E-state index in [-0.39, 0.29) is 29.0 Å². The van der Waals surface area contributed by atoms with Crippen molar-refractivity contribution in [1.82, 2.24) is 14.3 Å². The van der Waals surface area contributed by atoms with Crippen molar-refractivity contribution >= 4 is 17.5 Å². The number of likely N-dealkylation sites (tertiary alicyclic amines) is 1. The van der Waals surface area contributed by atoms with Gasteiger partial charge >= 0.3 is 0 Å². The van der Waals surface area contributed by atoms with Crippen molar-refractivity contribution in [2.75, 3.05) is 32.6 Å². The first kappa shape index (κ1) is 24.1. The van der Waals surface area contributed by atoms with E-state index < -0.39 is 0 Å². The lowest BCUT2D eigenvalue weighted by molar-refractivity contribution is -0.121.